The van der Waals surface area contributed by atoms with Crippen LogP contribution in [-0.2, 0) is 10.0 Å². The third kappa shape index (κ3) is 3.06. The number of hydrogen-bond donors (Lipinski definition) is 2. The Bertz CT molecular complexity index is 729. The number of halogens is 1. The minimum Gasteiger partial charge on any atom is -0.478 e. The second-order valence-electron chi connectivity index (χ2n) is 3.66. The molecule has 20 heavy (non-hydrogen) atoms. The van der Waals surface area contributed by atoms with Gasteiger partial charge in [0.2, 0.25) is 5.95 Å². The molecule has 2 rings (SSSR count). The molecular weight excluding hydrogens is 289 g/mol. The molecule has 2 N–H and O–H groups in total. The number of nitrogens with zero attached hydrogens (tertiary/aromatic N) is 2. The molecule has 104 valence electrons. The topological polar surface area (TPSA) is 109 Å². The largest absolute Gasteiger partial charge is 0.478 e. The van der Waals surface area contributed by atoms with Gasteiger partial charge >= 0.3 is 5.97 Å². The van der Waals surface area contributed by atoms with Crippen LogP contribution in [0.25, 0.3) is 0 Å². The third-order valence-corrected chi connectivity index (χ3v) is 3.59. The maximum atomic E-state index is 12.7. The molecule has 0 spiro atoms. The van der Waals surface area contributed by atoms with Crippen LogP contribution in [0, 0.1) is 5.82 Å². The van der Waals surface area contributed by atoms with Crippen LogP contribution in [0.15, 0.2) is 41.6 Å². The van der Waals surface area contributed by atoms with Gasteiger partial charge in [0.05, 0.1) is 10.5 Å². The summed E-state index contributed by atoms with van der Waals surface area (Å²) in [7, 11) is -3.95. The number of carboxylic acid groups (broad SMARTS) is 1. The summed E-state index contributed by atoms with van der Waals surface area (Å²) >= 11 is 0. The van der Waals surface area contributed by atoms with Crippen LogP contribution < -0.4 is 4.72 Å². The Morgan fingerprint density at radius 2 is 1.70 bits per heavy atom. The highest BCUT2D eigenvalue weighted by Crippen LogP contribution is 2.13. The Hall–Kier alpha value is -2.55. The number of anilines is 1. The lowest BCUT2D eigenvalue weighted by Gasteiger charge is -2.06. The molecule has 0 amide bonds. The number of nitrogens with one attached hydrogen (secondary N) is 1. The third-order valence-electron chi connectivity index (χ3n) is 2.25. The van der Waals surface area contributed by atoms with Crippen LogP contribution in [0.1, 0.15) is 10.4 Å². The van der Waals surface area contributed by atoms with Crippen molar-refractivity contribution in [3.63, 3.8) is 0 Å². The Labute approximate surface area is 113 Å². The van der Waals surface area contributed by atoms with E-state index < -0.39 is 21.8 Å². The molecule has 1 aromatic carbocycles. The van der Waals surface area contributed by atoms with E-state index in [0.29, 0.717) is 0 Å². The Morgan fingerprint density at radius 1 is 1.15 bits per heavy atom. The van der Waals surface area contributed by atoms with Gasteiger partial charge in [-0.05, 0) is 24.3 Å². The fourth-order valence-electron chi connectivity index (χ4n) is 1.28. The molecule has 7 nitrogen and oxygen atoms in total. The monoisotopic (exact) mass is 297 g/mol. The van der Waals surface area contributed by atoms with Crippen LogP contribution >= 0.6 is 0 Å². The minimum atomic E-state index is -3.95. The van der Waals surface area contributed by atoms with Crippen LogP contribution in [0.4, 0.5) is 10.3 Å². The van der Waals surface area contributed by atoms with Crippen LogP contribution in [0.3, 0.4) is 0 Å². The van der Waals surface area contributed by atoms with Gasteiger partial charge in [0.15, 0.2) is 0 Å². The van der Waals surface area contributed by atoms with E-state index in [2.05, 4.69) is 14.7 Å². The molecule has 0 saturated heterocycles. The molecule has 2 aromatic rings. The number of aromatic carboxylic acids is 1. The fourth-order valence-corrected chi connectivity index (χ4v) is 2.24. The molecule has 0 aliphatic carbocycles. The summed E-state index contributed by atoms with van der Waals surface area (Å²) in [5, 5.41) is 8.66. The van der Waals surface area contributed by atoms with E-state index in [9.17, 15) is 17.6 Å². The van der Waals surface area contributed by atoms with Gasteiger partial charge in [-0.25, -0.2) is 32.3 Å². The molecule has 0 fully saturated rings. The Kier molecular flexibility index (Phi) is 3.61. The quantitative estimate of drug-likeness (QED) is 0.875. The lowest BCUT2D eigenvalue weighted by atomic mass is 10.4. The summed E-state index contributed by atoms with van der Waals surface area (Å²) in [6, 6.07) is 4.18. The van der Waals surface area contributed by atoms with E-state index in [4.69, 9.17) is 5.11 Å². The zero-order valence-corrected chi connectivity index (χ0v) is 10.6. The number of carbonyl (C=O) groups is 1. The SMILES string of the molecule is O=C(O)c1cnc(NS(=O)(=O)c2ccc(F)cc2)nc1. The Balaban J connectivity index is 2.24. The maximum absolute atomic E-state index is 12.7. The van der Waals surface area contributed by atoms with E-state index >= 15 is 0 Å². The minimum absolute atomic E-state index is 0.162. The zero-order chi connectivity index (χ0) is 14.8. The van der Waals surface area contributed by atoms with Crippen molar-refractivity contribution in [2.45, 2.75) is 4.90 Å². The maximum Gasteiger partial charge on any atom is 0.338 e. The summed E-state index contributed by atoms with van der Waals surface area (Å²) in [6.45, 7) is 0. The number of aromatic nitrogens is 2. The van der Waals surface area contributed by atoms with Gasteiger partial charge < -0.3 is 5.11 Å². The molecule has 0 saturated carbocycles. The van der Waals surface area contributed by atoms with Crippen molar-refractivity contribution < 1.29 is 22.7 Å². The number of rotatable bonds is 4. The highest BCUT2D eigenvalue weighted by molar-refractivity contribution is 7.92. The average Bonchev–Trinajstić information content (AvgIpc) is 2.39. The van der Waals surface area contributed by atoms with Crippen molar-refractivity contribution in [1.82, 2.24) is 9.97 Å². The van der Waals surface area contributed by atoms with E-state index in [1.54, 1.807) is 0 Å². The summed E-state index contributed by atoms with van der Waals surface area (Å²) in [5.74, 6) is -2.07. The van der Waals surface area contributed by atoms with Crippen molar-refractivity contribution in [2.24, 2.45) is 0 Å². The first-order valence-electron chi connectivity index (χ1n) is 5.22. The van der Waals surface area contributed by atoms with Crippen molar-refractivity contribution in [2.75, 3.05) is 4.72 Å². The van der Waals surface area contributed by atoms with Crippen LogP contribution in [0.5, 0.6) is 0 Å². The molecule has 9 heteroatoms. The number of hydrogen-bond acceptors (Lipinski definition) is 5. The van der Waals surface area contributed by atoms with E-state index in [1.165, 1.54) is 0 Å². The first kappa shape index (κ1) is 13.9. The summed E-state index contributed by atoms with van der Waals surface area (Å²) in [4.78, 5) is 17.6. The number of sulfonamides is 1. The first-order chi connectivity index (χ1) is 9.38. The molecule has 0 unspecified atom stereocenters. The lowest BCUT2D eigenvalue weighted by molar-refractivity contribution is 0.0696. The van der Waals surface area contributed by atoms with Gasteiger partial charge in [0.25, 0.3) is 10.0 Å². The van der Waals surface area contributed by atoms with Gasteiger partial charge in [0, 0.05) is 12.4 Å². The summed E-state index contributed by atoms with van der Waals surface area (Å²) in [6.07, 6.45) is 1.94. The average molecular weight is 297 g/mol. The molecule has 0 radical (unpaired) electrons. The predicted molar refractivity (Wildman–Crippen MR) is 66.2 cm³/mol. The normalized spacial score (nSPS) is 11.1. The predicted octanol–water partition coefficient (Wildman–Crippen LogP) is 1.11. The Morgan fingerprint density at radius 3 is 2.20 bits per heavy atom. The van der Waals surface area contributed by atoms with Crippen LogP contribution in [-0.4, -0.2) is 29.5 Å². The van der Waals surface area contributed by atoms with E-state index in [0.717, 1.165) is 36.7 Å². The molecule has 0 atom stereocenters. The molecule has 0 aliphatic heterocycles. The molecule has 1 heterocycles. The van der Waals surface area contributed by atoms with Gasteiger partial charge in [-0.3, -0.25) is 0 Å². The molecule has 0 aliphatic rings. The smallest absolute Gasteiger partial charge is 0.338 e. The van der Waals surface area contributed by atoms with Crippen LogP contribution in [0.2, 0.25) is 0 Å². The van der Waals surface area contributed by atoms with Gasteiger partial charge in [-0.1, -0.05) is 0 Å². The van der Waals surface area contributed by atoms with Crippen molar-refractivity contribution >= 4 is 21.9 Å². The summed E-state index contributed by atoms with van der Waals surface area (Å²) in [5.41, 5.74) is -0.172. The highest BCUT2D eigenvalue weighted by atomic mass is 32.2. The molecule has 0 bridgehead atoms. The first-order valence-corrected chi connectivity index (χ1v) is 6.70. The van der Waals surface area contributed by atoms with Crippen molar-refractivity contribution in [3.05, 3.63) is 48.0 Å². The summed E-state index contributed by atoms with van der Waals surface area (Å²) < 4.78 is 38.6. The number of benzene rings is 1. The molecular formula is C11H8FN3O4S. The van der Waals surface area contributed by atoms with Gasteiger partial charge in [0.1, 0.15) is 5.82 Å². The van der Waals surface area contributed by atoms with Gasteiger partial charge in [-0.2, -0.15) is 0 Å². The van der Waals surface area contributed by atoms with Crippen molar-refractivity contribution in [3.8, 4) is 0 Å². The molecule has 1 aromatic heterocycles. The fraction of sp³-hybridized carbons (Fsp3) is 0. The van der Waals surface area contributed by atoms with E-state index in [-0.39, 0.29) is 16.4 Å². The van der Waals surface area contributed by atoms with Crippen molar-refractivity contribution in [1.29, 1.82) is 0 Å². The zero-order valence-electron chi connectivity index (χ0n) is 9.82. The second kappa shape index (κ2) is 5.21. The lowest BCUT2D eigenvalue weighted by Crippen LogP contribution is -2.15. The van der Waals surface area contributed by atoms with E-state index in [1.807, 2.05) is 0 Å². The number of carboxylic acids is 1. The second-order valence-corrected chi connectivity index (χ2v) is 5.34. The van der Waals surface area contributed by atoms with Gasteiger partial charge in [-0.15, -0.1) is 0 Å². The standard InChI is InChI=1S/C11H8FN3O4S/c12-8-1-3-9(4-2-8)20(18,19)15-11-13-5-7(6-14-11)10(16)17/h1-6H,(H,16,17)(H,13,14,15). The highest BCUT2D eigenvalue weighted by Gasteiger charge is 2.16.